The Morgan fingerprint density at radius 1 is 1.03 bits per heavy atom. The van der Waals surface area contributed by atoms with Crippen LogP contribution in [0.25, 0.3) is 5.69 Å². The highest BCUT2D eigenvalue weighted by molar-refractivity contribution is 14.0. The molecule has 0 unspecified atom stereocenters. The predicted octanol–water partition coefficient (Wildman–Crippen LogP) is 3.86. The van der Waals surface area contributed by atoms with Crippen LogP contribution in [0.15, 0.2) is 59.6 Å². The van der Waals surface area contributed by atoms with Gasteiger partial charge in [-0.05, 0) is 43.7 Å². The lowest BCUT2D eigenvalue weighted by Gasteiger charge is -2.15. The van der Waals surface area contributed by atoms with Gasteiger partial charge in [0.2, 0.25) is 0 Å². The van der Waals surface area contributed by atoms with Crippen molar-refractivity contribution in [3.8, 4) is 5.69 Å². The Hall–Kier alpha value is -2.59. The second kappa shape index (κ2) is 12.4. The zero-order chi connectivity index (χ0) is 22.2. The van der Waals surface area contributed by atoms with Crippen molar-refractivity contribution >= 4 is 47.4 Å². The Bertz CT molecular complexity index is 1080. The van der Waals surface area contributed by atoms with E-state index in [4.69, 9.17) is 11.6 Å². The van der Waals surface area contributed by atoms with Gasteiger partial charge in [-0.25, -0.2) is 4.68 Å². The highest BCUT2D eigenvalue weighted by Gasteiger charge is 2.10. The van der Waals surface area contributed by atoms with Gasteiger partial charge >= 0.3 is 0 Å². The van der Waals surface area contributed by atoms with E-state index in [2.05, 4.69) is 44.2 Å². The first-order valence-electron chi connectivity index (χ1n) is 10.1. The second-order valence-corrected chi connectivity index (χ2v) is 7.46. The normalized spacial score (nSPS) is 10.9. The number of para-hydroxylation sites is 1. The van der Waals surface area contributed by atoms with E-state index in [1.807, 2.05) is 30.7 Å². The van der Waals surface area contributed by atoms with E-state index in [1.165, 1.54) is 0 Å². The van der Waals surface area contributed by atoms with E-state index in [0.717, 1.165) is 22.6 Å². The van der Waals surface area contributed by atoms with Crippen molar-refractivity contribution in [2.24, 2.45) is 4.99 Å². The molecule has 0 radical (unpaired) electrons. The fraction of sp³-hybridized carbons (Fsp3) is 0.261. The quantitative estimate of drug-likeness (QED) is 0.176. The summed E-state index contributed by atoms with van der Waals surface area (Å²) in [5, 5.41) is 14.4. The van der Waals surface area contributed by atoms with E-state index in [1.54, 1.807) is 31.3 Å². The molecular formula is C23H28ClIN6O. The molecule has 32 heavy (non-hydrogen) atoms. The third-order valence-corrected chi connectivity index (χ3v) is 5.05. The molecule has 0 saturated carbocycles. The number of carbonyl (C=O) groups is 1. The molecule has 0 aliphatic heterocycles. The Morgan fingerprint density at radius 2 is 1.72 bits per heavy atom. The van der Waals surface area contributed by atoms with Crippen molar-refractivity contribution < 1.29 is 4.79 Å². The number of hydrogen-bond donors (Lipinski definition) is 3. The molecule has 3 rings (SSSR count). The topological polar surface area (TPSA) is 83.3 Å². The minimum Gasteiger partial charge on any atom is -0.355 e. The van der Waals surface area contributed by atoms with Crippen molar-refractivity contribution in [2.45, 2.75) is 20.4 Å². The molecule has 2 aromatic carbocycles. The molecule has 1 aromatic heterocycles. The minimum absolute atomic E-state index is 0. The number of nitrogens with zero attached hydrogens (tertiary/aromatic N) is 3. The molecular weight excluding hydrogens is 539 g/mol. The van der Waals surface area contributed by atoms with Crippen molar-refractivity contribution in [1.29, 1.82) is 0 Å². The number of aryl methyl sites for hydroxylation is 2. The zero-order valence-electron chi connectivity index (χ0n) is 18.4. The number of carbonyl (C=O) groups excluding carboxylic acids is 1. The number of aliphatic imine (C=N–C) groups is 1. The molecule has 0 atom stereocenters. The van der Waals surface area contributed by atoms with Gasteiger partial charge in [-0.1, -0.05) is 41.9 Å². The van der Waals surface area contributed by atoms with Crippen LogP contribution in [0.5, 0.6) is 0 Å². The van der Waals surface area contributed by atoms with Gasteiger partial charge in [-0.15, -0.1) is 24.0 Å². The van der Waals surface area contributed by atoms with Gasteiger partial charge in [0.25, 0.3) is 5.91 Å². The molecule has 0 fully saturated rings. The maximum Gasteiger partial charge on any atom is 0.252 e. The van der Waals surface area contributed by atoms with E-state index in [9.17, 15) is 4.79 Å². The summed E-state index contributed by atoms with van der Waals surface area (Å²) in [4.78, 5) is 16.5. The molecule has 170 valence electrons. The third kappa shape index (κ3) is 6.70. The molecule has 0 aliphatic rings. The molecule has 3 aromatic rings. The van der Waals surface area contributed by atoms with Crippen LogP contribution < -0.4 is 16.0 Å². The molecule has 1 amide bonds. The van der Waals surface area contributed by atoms with Gasteiger partial charge in [0, 0.05) is 32.4 Å². The molecule has 0 aliphatic carbocycles. The molecule has 0 saturated heterocycles. The third-order valence-electron chi connectivity index (χ3n) is 4.72. The van der Waals surface area contributed by atoms with Crippen LogP contribution in [0, 0.1) is 13.8 Å². The fourth-order valence-corrected chi connectivity index (χ4v) is 3.46. The number of nitrogens with one attached hydrogen (secondary N) is 3. The summed E-state index contributed by atoms with van der Waals surface area (Å²) in [5.74, 6) is 0.448. The first-order valence-corrected chi connectivity index (χ1v) is 10.5. The highest BCUT2D eigenvalue weighted by Crippen LogP contribution is 2.17. The number of aromatic nitrogens is 2. The lowest BCUT2D eigenvalue weighted by atomic mass is 10.1. The molecule has 3 N–H and O–H groups in total. The van der Waals surface area contributed by atoms with Gasteiger partial charge in [-0.2, -0.15) is 5.10 Å². The maximum absolute atomic E-state index is 12.2. The zero-order valence-corrected chi connectivity index (χ0v) is 21.4. The first kappa shape index (κ1) is 25.7. The highest BCUT2D eigenvalue weighted by atomic mass is 127. The number of halogens is 2. The van der Waals surface area contributed by atoms with Crippen LogP contribution in [0.2, 0.25) is 5.02 Å². The minimum atomic E-state index is -0.200. The van der Waals surface area contributed by atoms with E-state index >= 15 is 0 Å². The average Bonchev–Trinajstić information content (AvgIpc) is 3.11. The van der Waals surface area contributed by atoms with Gasteiger partial charge in [0.15, 0.2) is 5.96 Å². The molecule has 0 bridgehead atoms. The number of rotatable bonds is 7. The van der Waals surface area contributed by atoms with Gasteiger partial charge < -0.3 is 16.0 Å². The summed E-state index contributed by atoms with van der Waals surface area (Å²) in [7, 11) is 1.71. The lowest BCUT2D eigenvalue weighted by molar-refractivity contribution is 0.0954. The predicted molar refractivity (Wildman–Crippen MR) is 140 cm³/mol. The number of guanidine groups is 1. The van der Waals surface area contributed by atoms with E-state index < -0.39 is 0 Å². The molecule has 9 heteroatoms. The van der Waals surface area contributed by atoms with Crippen LogP contribution in [-0.4, -0.2) is 41.8 Å². The second-order valence-electron chi connectivity index (χ2n) is 7.06. The molecule has 7 nitrogen and oxygen atoms in total. The van der Waals surface area contributed by atoms with E-state index in [0.29, 0.717) is 36.2 Å². The summed E-state index contributed by atoms with van der Waals surface area (Å²) in [6.45, 7) is 5.57. The fourth-order valence-electron chi connectivity index (χ4n) is 3.24. The summed E-state index contributed by atoms with van der Waals surface area (Å²) >= 11 is 6.06. The van der Waals surface area contributed by atoms with Crippen molar-refractivity contribution in [2.75, 3.05) is 20.1 Å². The van der Waals surface area contributed by atoms with Crippen molar-refractivity contribution in [3.05, 3.63) is 82.1 Å². The van der Waals surface area contributed by atoms with Crippen molar-refractivity contribution in [1.82, 2.24) is 25.7 Å². The van der Waals surface area contributed by atoms with Gasteiger partial charge in [-0.3, -0.25) is 9.79 Å². The summed E-state index contributed by atoms with van der Waals surface area (Å²) in [6.07, 6.45) is 0. The van der Waals surface area contributed by atoms with Crippen LogP contribution in [0.1, 0.15) is 27.3 Å². The Kier molecular flexibility index (Phi) is 9.98. The monoisotopic (exact) mass is 566 g/mol. The van der Waals surface area contributed by atoms with Crippen LogP contribution >= 0.6 is 35.6 Å². The summed E-state index contributed by atoms with van der Waals surface area (Å²) < 4.78 is 1.95. The number of amides is 1. The average molecular weight is 567 g/mol. The Morgan fingerprint density at radius 3 is 2.41 bits per heavy atom. The summed E-state index contributed by atoms with van der Waals surface area (Å²) in [6, 6.07) is 17.2. The smallest absolute Gasteiger partial charge is 0.252 e. The lowest BCUT2D eigenvalue weighted by Crippen LogP contribution is -2.41. The van der Waals surface area contributed by atoms with Crippen LogP contribution in [-0.2, 0) is 6.54 Å². The SMILES string of the molecule is CN=C(NCCNC(=O)c1ccccc1Cl)NCc1ccccc1-n1nc(C)cc1C.I. The number of benzene rings is 2. The molecule has 1 heterocycles. The van der Waals surface area contributed by atoms with Gasteiger partial charge in [0.05, 0.1) is 22.0 Å². The largest absolute Gasteiger partial charge is 0.355 e. The van der Waals surface area contributed by atoms with Crippen LogP contribution in [0.3, 0.4) is 0 Å². The van der Waals surface area contributed by atoms with E-state index in [-0.39, 0.29) is 29.9 Å². The van der Waals surface area contributed by atoms with Gasteiger partial charge in [0.1, 0.15) is 0 Å². The Labute approximate surface area is 210 Å². The standard InChI is InChI=1S/C23H27ClN6O.HI/c1-16-14-17(2)30(29-16)21-11-7-4-8-18(21)15-28-23(25-3)27-13-12-26-22(31)19-9-5-6-10-20(19)24;/h4-11,14H,12-13,15H2,1-3H3,(H,26,31)(H2,25,27,28);1H. The number of hydrogen-bond acceptors (Lipinski definition) is 3. The molecule has 0 spiro atoms. The Balaban J connectivity index is 0.00000363. The van der Waals surface area contributed by atoms with Crippen LogP contribution in [0.4, 0.5) is 0 Å². The maximum atomic E-state index is 12.2. The first-order chi connectivity index (χ1) is 15.0. The van der Waals surface area contributed by atoms with Crippen molar-refractivity contribution in [3.63, 3.8) is 0 Å². The summed E-state index contributed by atoms with van der Waals surface area (Å²) in [5.41, 5.74) is 4.66.